The Bertz CT molecular complexity index is 471. The third-order valence-corrected chi connectivity index (χ3v) is 3.26. The third-order valence-electron chi connectivity index (χ3n) is 2.46. The first-order valence-corrected chi connectivity index (χ1v) is 5.61. The highest BCUT2D eigenvalue weighted by atomic mass is 79.9. The summed E-state index contributed by atoms with van der Waals surface area (Å²) in [6.07, 6.45) is -0.479. The minimum atomic E-state index is -0.895. The van der Waals surface area contributed by atoms with Gasteiger partial charge in [-0.15, -0.1) is 0 Å². The highest BCUT2D eigenvalue weighted by Crippen LogP contribution is 2.38. The largest absolute Gasteiger partial charge is 0.451 e. The highest BCUT2D eigenvalue weighted by molar-refractivity contribution is 9.09. The summed E-state index contributed by atoms with van der Waals surface area (Å²) in [7, 11) is 0. The third kappa shape index (κ3) is 2.03. The predicted octanol–water partition coefficient (Wildman–Crippen LogP) is 3.49. The van der Waals surface area contributed by atoms with Gasteiger partial charge in [0.2, 0.25) is 0 Å². The van der Waals surface area contributed by atoms with Crippen LogP contribution >= 0.6 is 15.9 Å². The molecular formula is C10H8BrN3O2. The maximum absolute atomic E-state index is 11.1. The summed E-state index contributed by atoms with van der Waals surface area (Å²) >= 11 is 3.45. The molecule has 2 rings (SSSR count). The summed E-state index contributed by atoms with van der Waals surface area (Å²) in [6.45, 7) is 0. The van der Waals surface area contributed by atoms with E-state index >= 15 is 0 Å². The monoisotopic (exact) mass is 281 g/mol. The van der Waals surface area contributed by atoms with Crippen molar-refractivity contribution in [2.24, 2.45) is 5.11 Å². The van der Waals surface area contributed by atoms with Crippen molar-refractivity contribution in [2.45, 2.75) is 17.4 Å². The van der Waals surface area contributed by atoms with Crippen molar-refractivity contribution >= 4 is 22.0 Å². The van der Waals surface area contributed by atoms with Gasteiger partial charge in [0.1, 0.15) is 6.10 Å². The minimum absolute atomic E-state index is 0.0303. The molecule has 0 N–H and O–H groups in total. The van der Waals surface area contributed by atoms with Gasteiger partial charge in [0.25, 0.3) is 0 Å². The van der Waals surface area contributed by atoms with Crippen molar-refractivity contribution < 1.29 is 9.53 Å². The van der Waals surface area contributed by atoms with Crippen LogP contribution in [0.25, 0.3) is 10.4 Å². The lowest BCUT2D eigenvalue weighted by Gasteiger charge is -2.14. The van der Waals surface area contributed by atoms with Crippen LogP contribution in [0.4, 0.5) is 4.79 Å². The van der Waals surface area contributed by atoms with Crippen molar-refractivity contribution in [1.82, 2.24) is 0 Å². The van der Waals surface area contributed by atoms with Crippen LogP contribution in [0.15, 0.2) is 29.4 Å². The zero-order chi connectivity index (χ0) is 11.5. The molecule has 1 aromatic rings. The Balaban J connectivity index is 2.22. The Labute approximate surface area is 100 Å². The smallest absolute Gasteiger partial charge is 0.397 e. The van der Waals surface area contributed by atoms with Gasteiger partial charge in [-0.2, -0.15) is 0 Å². The zero-order valence-electron chi connectivity index (χ0n) is 8.21. The van der Waals surface area contributed by atoms with Crippen molar-refractivity contribution in [3.05, 3.63) is 45.8 Å². The molecule has 0 spiro atoms. The van der Waals surface area contributed by atoms with Gasteiger partial charge >= 0.3 is 6.09 Å². The Kier molecular flexibility index (Phi) is 3.12. The first-order valence-electron chi connectivity index (χ1n) is 4.70. The summed E-state index contributed by atoms with van der Waals surface area (Å²) < 4.78 is 5.08. The van der Waals surface area contributed by atoms with Crippen LogP contribution in [0.1, 0.15) is 17.2 Å². The number of hydrogen-bond acceptors (Lipinski definition) is 2. The summed E-state index contributed by atoms with van der Waals surface area (Å²) in [4.78, 5) is 13.5. The van der Waals surface area contributed by atoms with E-state index in [9.17, 15) is 4.79 Å². The second-order valence-corrected chi connectivity index (χ2v) is 4.59. The highest BCUT2D eigenvalue weighted by Gasteiger charge is 2.33. The van der Waals surface area contributed by atoms with E-state index in [2.05, 4.69) is 26.0 Å². The van der Waals surface area contributed by atoms with E-state index < -0.39 is 6.09 Å². The SMILES string of the molecule is [N-]=[N+]=NC(=O)O[C@@H]1c2ccccc2C[C@H]1Br. The number of fused-ring (bicyclic) bond motifs is 1. The van der Waals surface area contributed by atoms with Crippen LogP contribution in [-0.2, 0) is 11.2 Å². The number of nitrogens with zero attached hydrogens (tertiary/aromatic N) is 3. The number of azide groups is 1. The van der Waals surface area contributed by atoms with Crippen molar-refractivity contribution in [1.29, 1.82) is 0 Å². The zero-order valence-corrected chi connectivity index (χ0v) is 9.79. The average Bonchev–Trinajstić information content (AvgIpc) is 2.56. The molecule has 1 aliphatic rings. The summed E-state index contributed by atoms with van der Waals surface area (Å²) in [5.41, 5.74) is 10.2. The second-order valence-electron chi connectivity index (χ2n) is 3.41. The number of halogens is 1. The molecule has 2 atom stereocenters. The Morgan fingerprint density at radius 3 is 3.06 bits per heavy atom. The number of carbonyl (C=O) groups excluding carboxylic acids is 1. The van der Waals surface area contributed by atoms with Crippen LogP contribution in [0.3, 0.4) is 0 Å². The number of amides is 1. The van der Waals surface area contributed by atoms with Crippen molar-refractivity contribution in [3.63, 3.8) is 0 Å². The second kappa shape index (κ2) is 4.55. The molecule has 0 aromatic heterocycles. The van der Waals surface area contributed by atoms with Gasteiger partial charge in [0, 0.05) is 10.0 Å². The minimum Gasteiger partial charge on any atom is -0.451 e. The normalized spacial score (nSPS) is 22.1. The molecule has 1 aliphatic carbocycles. The van der Waals surface area contributed by atoms with Gasteiger partial charge in [0.15, 0.2) is 0 Å². The molecule has 0 bridgehead atoms. The maximum atomic E-state index is 11.1. The molecular weight excluding hydrogens is 274 g/mol. The van der Waals surface area contributed by atoms with E-state index in [4.69, 9.17) is 10.3 Å². The van der Waals surface area contributed by atoms with Crippen LogP contribution in [-0.4, -0.2) is 10.9 Å². The molecule has 0 saturated carbocycles. The van der Waals surface area contributed by atoms with Gasteiger partial charge in [-0.1, -0.05) is 40.2 Å². The van der Waals surface area contributed by atoms with Crippen LogP contribution in [0, 0.1) is 0 Å². The Hall–Kier alpha value is -1.52. The van der Waals surface area contributed by atoms with Gasteiger partial charge in [0.05, 0.1) is 4.83 Å². The van der Waals surface area contributed by atoms with E-state index in [1.54, 1.807) is 0 Å². The lowest BCUT2D eigenvalue weighted by atomic mass is 10.1. The average molecular weight is 282 g/mol. The molecule has 1 aromatic carbocycles. The first-order chi connectivity index (χ1) is 7.72. The van der Waals surface area contributed by atoms with Crippen LogP contribution in [0.2, 0.25) is 0 Å². The van der Waals surface area contributed by atoms with Crippen LogP contribution < -0.4 is 0 Å². The lowest BCUT2D eigenvalue weighted by Crippen LogP contribution is -2.13. The van der Waals surface area contributed by atoms with Crippen LogP contribution in [0.5, 0.6) is 0 Å². The number of hydrogen-bond donors (Lipinski definition) is 0. The van der Waals surface area contributed by atoms with E-state index in [0.717, 1.165) is 17.5 Å². The quantitative estimate of drug-likeness (QED) is 0.342. The fourth-order valence-electron chi connectivity index (χ4n) is 1.82. The molecule has 0 radical (unpaired) electrons. The maximum Gasteiger partial charge on any atom is 0.397 e. The van der Waals surface area contributed by atoms with Gasteiger partial charge in [-0.05, 0) is 23.1 Å². The Morgan fingerprint density at radius 1 is 1.56 bits per heavy atom. The van der Waals surface area contributed by atoms with E-state index in [-0.39, 0.29) is 10.9 Å². The van der Waals surface area contributed by atoms with Crippen molar-refractivity contribution in [2.75, 3.05) is 0 Å². The molecule has 0 heterocycles. The lowest BCUT2D eigenvalue weighted by molar-refractivity contribution is 0.111. The molecule has 1 amide bonds. The number of rotatable bonds is 1. The summed E-state index contributed by atoms with van der Waals surface area (Å²) in [5, 5.41) is 2.89. The van der Waals surface area contributed by atoms with E-state index in [1.165, 1.54) is 0 Å². The predicted molar refractivity (Wildman–Crippen MR) is 61.2 cm³/mol. The van der Waals surface area contributed by atoms with E-state index in [1.807, 2.05) is 24.3 Å². The first kappa shape index (κ1) is 11.0. The van der Waals surface area contributed by atoms with Gasteiger partial charge in [-0.3, -0.25) is 0 Å². The molecule has 82 valence electrons. The van der Waals surface area contributed by atoms with Gasteiger partial charge < -0.3 is 4.74 Å². The molecule has 0 aliphatic heterocycles. The number of carbonyl (C=O) groups is 1. The molecule has 5 nitrogen and oxygen atoms in total. The molecule has 0 saturated heterocycles. The molecule has 0 unspecified atom stereocenters. The molecule has 6 heteroatoms. The summed E-state index contributed by atoms with van der Waals surface area (Å²) in [6, 6.07) is 7.73. The fourth-order valence-corrected chi connectivity index (χ4v) is 2.56. The Morgan fingerprint density at radius 2 is 2.31 bits per heavy atom. The van der Waals surface area contributed by atoms with E-state index in [0.29, 0.717) is 0 Å². The topological polar surface area (TPSA) is 75.1 Å². The standard InChI is InChI=1S/C10H8BrN3O2/c11-8-5-6-3-1-2-4-7(6)9(8)16-10(15)13-14-12/h1-4,8-9H,5H2/t8-,9-/m1/s1. The number of benzene rings is 1. The number of ether oxygens (including phenoxy) is 1. The molecule has 0 fully saturated rings. The van der Waals surface area contributed by atoms with Crippen molar-refractivity contribution in [3.8, 4) is 0 Å². The molecule has 16 heavy (non-hydrogen) atoms. The summed E-state index contributed by atoms with van der Waals surface area (Å²) in [5.74, 6) is 0. The van der Waals surface area contributed by atoms with Gasteiger partial charge in [-0.25, -0.2) is 4.79 Å². The number of alkyl halides is 1. The fraction of sp³-hybridized carbons (Fsp3) is 0.300.